The summed E-state index contributed by atoms with van der Waals surface area (Å²) in [7, 11) is 0. The van der Waals surface area contributed by atoms with E-state index in [4.69, 9.17) is 27.9 Å². The number of nitrogens with zero attached hydrogens (tertiary/aromatic N) is 1. The first kappa shape index (κ1) is 21.4. The zero-order valence-corrected chi connectivity index (χ0v) is 19.7. The molecule has 0 aromatic heterocycles. The number of aliphatic imine (C=N–C) groups is 1. The number of hydrogen-bond donors (Lipinski definition) is 0. The molecule has 0 amide bonds. The summed E-state index contributed by atoms with van der Waals surface area (Å²) in [5.41, 5.74) is 3.89. The number of aryl methyl sites for hydroxylation is 1. The Morgan fingerprint density at radius 3 is 2.43 bits per heavy atom. The van der Waals surface area contributed by atoms with Crippen LogP contribution in [0, 0.1) is 0 Å². The van der Waals surface area contributed by atoms with Crippen LogP contribution in [-0.2, 0) is 13.0 Å². The Kier molecular flexibility index (Phi) is 7.58. The summed E-state index contributed by atoms with van der Waals surface area (Å²) in [5.74, 6) is 0.697. The van der Waals surface area contributed by atoms with Gasteiger partial charge in [-0.15, -0.1) is 0 Å². The maximum atomic E-state index is 6.26. The molecule has 0 fully saturated rings. The third kappa shape index (κ3) is 5.60. The van der Waals surface area contributed by atoms with Gasteiger partial charge in [-0.25, -0.2) is 0 Å². The minimum atomic E-state index is 0.322. The lowest BCUT2D eigenvalue weighted by Crippen LogP contribution is -2.00. The average Bonchev–Trinajstić information content (AvgIpc) is 2.67. The molecule has 144 valence electrons. The quantitative estimate of drug-likeness (QED) is 0.287. The Morgan fingerprint density at radius 2 is 1.75 bits per heavy atom. The van der Waals surface area contributed by atoms with Crippen molar-refractivity contribution in [1.29, 1.82) is 0 Å². The van der Waals surface area contributed by atoms with E-state index in [9.17, 15) is 0 Å². The molecule has 0 aliphatic carbocycles. The van der Waals surface area contributed by atoms with Crippen molar-refractivity contribution in [2.45, 2.75) is 20.0 Å². The van der Waals surface area contributed by atoms with E-state index < -0.39 is 0 Å². The molecule has 0 aliphatic rings. The second kappa shape index (κ2) is 9.93. The molecule has 0 heterocycles. The topological polar surface area (TPSA) is 21.6 Å². The first-order chi connectivity index (χ1) is 13.5. The molecule has 2 nitrogen and oxygen atoms in total. The third-order valence-electron chi connectivity index (χ3n) is 4.12. The summed E-state index contributed by atoms with van der Waals surface area (Å²) >= 11 is 19.3. The lowest BCUT2D eigenvalue weighted by molar-refractivity contribution is 0.304. The maximum Gasteiger partial charge on any atom is 0.142 e. The predicted octanol–water partition coefficient (Wildman–Crippen LogP) is 8.41. The third-order valence-corrected chi connectivity index (χ3v) is 5.76. The van der Waals surface area contributed by atoms with Crippen molar-refractivity contribution in [1.82, 2.24) is 0 Å². The predicted molar refractivity (Wildman–Crippen MR) is 126 cm³/mol. The first-order valence-corrected chi connectivity index (χ1v) is 11.0. The number of rotatable bonds is 6. The molecule has 0 radical (unpaired) electrons. The monoisotopic (exact) mass is 539 g/mol. The van der Waals surface area contributed by atoms with Crippen molar-refractivity contribution in [3.05, 3.63) is 90.3 Å². The van der Waals surface area contributed by atoms with E-state index in [2.05, 4.69) is 55.9 Å². The second-order valence-corrected chi connectivity index (χ2v) is 8.72. The van der Waals surface area contributed by atoms with Gasteiger partial charge >= 0.3 is 0 Å². The Morgan fingerprint density at radius 1 is 1.00 bits per heavy atom. The average molecular weight is 542 g/mol. The van der Waals surface area contributed by atoms with Crippen LogP contribution < -0.4 is 4.74 Å². The Bertz CT molecular complexity index is 1000. The molecule has 3 aromatic carbocycles. The number of benzene rings is 3. The summed E-state index contributed by atoms with van der Waals surface area (Å²) in [6.07, 6.45) is 2.81. The van der Waals surface area contributed by atoms with Crippen molar-refractivity contribution in [3.63, 3.8) is 0 Å². The molecule has 0 spiro atoms. The van der Waals surface area contributed by atoms with Gasteiger partial charge in [0.15, 0.2) is 0 Å². The van der Waals surface area contributed by atoms with Gasteiger partial charge < -0.3 is 4.74 Å². The highest BCUT2D eigenvalue weighted by atomic mass is 79.9. The zero-order chi connectivity index (χ0) is 20.1. The summed E-state index contributed by atoms with van der Waals surface area (Å²) in [4.78, 5) is 4.59. The molecule has 28 heavy (non-hydrogen) atoms. The van der Waals surface area contributed by atoms with E-state index in [1.807, 2.05) is 30.3 Å². The maximum absolute atomic E-state index is 6.26. The molecule has 0 N–H and O–H groups in total. The van der Waals surface area contributed by atoms with Crippen LogP contribution in [0.25, 0.3) is 0 Å². The lowest BCUT2D eigenvalue weighted by Gasteiger charge is -2.13. The van der Waals surface area contributed by atoms with E-state index in [0.717, 1.165) is 32.2 Å². The molecule has 3 rings (SSSR count). The minimum Gasteiger partial charge on any atom is -0.487 e. The molecule has 0 unspecified atom stereocenters. The van der Waals surface area contributed by atoms with E-state index in [1.165, 1.54) is 5.56 Å². The highest BCUT2D eigenvalue weighted by Crippen LogP contribution is 2.34. The van der Waals surface area contributed by atoms with Crippen LogP contribution >= 0.6 is 55.1 Å². The SMILES string of the molecule is CCc1ccc(N=Cc2cc(Br)cc(Br)c2OCc2ccc(Cl)cc2Cl)cc1. The van der Waals surface area contributed by atoms with Crippen LogP contribution in [0.15, 0.2) is 68.5 Å². The van der Waals surface area contributed by atoms with Crippen molar-refractivity contribution >= 4 is 67.0 Å². The Balaban J connectivity index is 1.85. The number of ether oxygens (including phenoxy) is 1. The minimum absolute atomic E-state index is 0.322. The second-order valence-electron chi connectivity index (χ2n) is 6.11. The molecule has 6 heteroatoms. The van der Waals surface area contributed by atoms with E-state index in [0.29, 0.717) is 22.4 Å². The molecule has 0 bridgehead atoms. The Hall–Kier alpha value is -1.33. The van der Waals surface area contributed by atoms with Crippen molar-refractivity contribution in [2.24, 2.45) is 4.99 Å². The van der Waals surface area contributed by atoms with Crippen LogP contribution in [0.1, 0.15) is 23.6 Å². The van der Waals surface area contributed by atoms with Gasteiger partial charge in [-0.05, 0) is 64.3 Å². The molecule has 0 saturated carbocycles. The normalized spacial score (nSPS) is 11.2. The molecule has 0 atom stereocenters. The summed E-state index contributed by atoms with van der Waals surface area (Å²) in [6, 6.07) is 17.5. The van der Waals surface area contributed by atoms with Gasteiger partial charge in [0.1, 0.15) is 12.4 Å². The molecule has 0 aliphatic heterocycles. The van der Waals surface area contributed by atoms with Gasteiger partial charge in [-0.1, -0.05) is 64.3 Å². The standard InChI is InChI=1S/C22H17Br2Cl2NO/c1-2-14-3-7-19(8-4-14)27-12-16-9-17(23)10-20(24)22(16)28-13-15-5-6-18(25)11-21(15)26/h3-12H,2,13H2,1H3. The van der Waals surface area contributed by atoms with Gasteiger partial charge in [0, 0.05) is 31.9 Å². The van der Waals surface area contributed by atoms with E-state index >= 15 is 0 Å². The van der Waals surface area contributed by atoms with Crippen LogP contribution in [0.5, 0.6) is 5.75 Å². The van der Waals surface area contributed by atoms with Crippen molar-refractivity contribution < 1.29 is 4.74 Å². The van der Waals surface area contributed by atoms with Gasteiger partial charge in [-0.3, -0.25) is 4.99 Å². The molecule has 0 saturated heterocycles. The van der Waals surface area contributed by atoms with E-state index in [1.54, 1.807) is 18.3 Å². The van der Waals surface area contributed by atoms with Crippen LogP contribution in [0.4, 0.5) is 5.69 Å². The fourth-order valence-electron chi connectivity index (χ4n) is 2.58. The fraction of sp³-hybridized carbons (Fsp3) is 0.136. The summed E-state index contributed by atoms with van der Waals surface area (Å²) in [6.45, 7) is 2.45. The van der Waals surface area contributed by atoms with Crippen LogP contribution in [0.3, 0.4) is 0 Å². The fourth-order valence-corrected chi connectivity index (χ4v) is 4.41. The zero-order valence-electron chi connectivity index (χ0n) is 15.1. The van der Waals surface area contributed by atoms with Gasteiger partial charge in [0.2, 0.25) is 0 Å². The molecule has 3 aromatic rings. The van der Waals surface area contributed by atoms with Gasteiger partial charge in [-0.2, -0.15) is 0 Å². The van der Waals surface area contributed by atoms with E-state index in [-0.39, 0.29) is 0 Å². The van der Waals surface area contributed by atoms with Crippen LogP contribution in [-0.4, -0.2) is 6.21 Å². The summed E-state index contributed by atoms with van der Waals surface area (Å²) < 4.78 is 7.83. The Labute approximate surface area is 191 Å². The van der Waals surface area contributed by atoms with Crippen molar-refractivity contribution in [2.75, 3.05) is 0 Å². The van der Waals surface area contributed by atoms with Crippen LogP contribution in [0.2, 0.25) is 10.0 Å². The summed E-state index contributed by atoms with van der Waals surface area (Å²) in [5, 5.41) is 1.17. The first-order valence-electron chi connectivity index (χ1n) is 8.65. The molecular weight excluding hydrogens is 525 g/mol. The largest absolute Gasteiger partial charge is 0.487 e. The molecular formula is C22H17Br2Cl2NO. The lowest BCUT2D eigenvalue weighted by atomic mass is 10.1. The highest BCUT2D eigenvalue weighted by molar-refractivity contribution is 9.11. The highest BCUT2D eigenvalue weighted by Gasteiger charge is 2.11. The van der Waals surface area contributed by atoms with Gasteiger partial charge in [0.25, 0.3) is 0 Å². The van der Waals surface area contributed by atoms with Crippen molar-refractivity contribution in [3.8, 4) is 5.75 Å². The number of halogens is 4. The van der Waals surface area contributed by atoms with Gasteiger partial charge in [0.05, 0.1) is 10.2 Å². The number of hydrogen-bond acceptors (Lipinski definition) is 2. The smallest absolute Gasteiger partial charge is 0.142 e.